The van der Waals surface area contributed by atoms with Crippen molar-refractivity contribution in [3.8, 4) is 0 Å². The molecule has 2 aliphatic rings. The predicted octanol–water partition coefficient (Wildman–Crippen LogP) is 7.27. The summed E-state index contributed by atoms with van der Waals surface area (Å²) in [6.45, 7) is 2.70. The lowest BCUT2D eigenvalue weighted by atomic mass is 9.97. The van der Waals surface area contributed by atoms with Gasteiger partial charge in [0.15, 0.2) is 12.6 Å². The molecule has 0 aromatic carbocycles. The molecule has 12 atom stereocenters. The minimum atomic E-state index is -1.79. The van der Waals surface area contributed by atoms with Gasteiger partial charge in [0.05, 0.1) is 32.0 Å². The minimum Gasteiger partial charge on any atom is -0.394 e. The Balaban J connectivity index is 1.81. The van der Waals surface area contributed by atoms with Crippen LogP contribution in [-0.4, -0.2) is 140 Å². The molecule has 67 heavy (non-hydrogen) atoms. The predicted molar refractivity (Wildman–Crippen MR) is 263 cm³/mol. The molecule has 12 unspecified atom stereocenters. The van der Waals surface area contributed by atoms with Crippen LogP contribution >= 0.6 is 0 Å². The van der Waals surface area contributed by atoms with Gasteiger partial charge in [-0.25, -0.2) is 0 Å². The van der Waals surface area contributed by atoms with Gasteiger partial charge >= 0.3 is 0 Å². The van der Waals surface area contributed by atoms with Crippen LogP contribution in [-0.2, 0) is 23.7 Å². The fourth-order valence-electron chi connectivity index (χ4n) is 8.36. The lowest BCUT2D eigenvalue weighted by Gasteiger charge is -2.46. The Morgan fingerprint density at radius 1 is 0.522 bits per heavy atom. The highest BCUT2D eigenvalue weighted by Gasteiger charge is 2.51. The molecular formula is C53H95NO13. The zero-order valence-corrected chi connectivity index (χ0v) is 41.4. The maximum Gasteiger partial charge on any atom is 0.220 e. The third-order valence-corrected chi connectivity index (χ3v) is 12.7. The van der Waals surface area contributed by atoms with Gasteiger partial charge in [0.25, 0.3) is 0 Å². The maximum absolute atomic E-state index is 13.2. The van der Waals surface area contributed by atoms with Crippen molar-refractivity contribution in [2.24, 2.45) is 0 Å². The number of allylic oxidation sites excluding steroid dienone is 7. The monoisotopic (exact) mass is 954 g/mol. The largest absolute Gasteiger partial charge is 0.394 e. The first-order valence-electron chi connectivity index (χ1n) is 26.4. The third kappa shape index (κ3) is 26.7. The highest BCUT2D eigenvalue weighted by molar-refractivity contribution is 5.76. The van der Waals surface area contributed by atoms with Gasteiger partial charge in [-0.2, -0.15) is 0 Å². The summed E-state index contributed by atoms with van der Waals surface area (Å²) in [5.41, 5.74) is 0. The number of hydrogen-bond donors (Lipinski definition) is 9. The Bertz CT molecular complexity index is 1310. The van der Waals surface area contributed by atoms with Crippen LogP contribution in [0.25, 0.3) is 0 Å². The van der Waals surface area contributed by atoms with E-state index in [2.05, 4.69) is 55.6 Å². The lowest BCUT2D eigenvalue weighted by molar-refractivity contribution is -0.359. The van der Waals surface area contributed by atoms with Gasteiger partial charge in [0, 0.05) is 6.42 Å². The first-order chi connectivity index (χ1) is 32.6. The van der Waals surface area contributed by atoms with E-state index in [0.717, 1.165) is 44.9 Å². The number of carbonyl (C=O) groups excluding carboxylic acids is 1. The van der Waals surface area contributed by atoms with E-state index in [1.165, 1.54) is 109 Å². The highest BCUT2D eigenvalue weighted by atomic mass is 16.7. The van der Waals surface area contributed by atoms with Crippen LogP contribution in [0.3, 0.4) is 0 Å². The number of carbonyl (C=O) groups is 1. The van der Waals surface area contributed by atoms with Gasteiger partial charge in [-0.1, -0.05) is 165 Å². The Kier molecular flexibility index (Phi) is 36.1. The summed E-state index contributed by atoms with van der Waals surface area (Å²) in [6.07, 6.45) is 30.2. The first-order valence-corrected chi connectivity index (χ1v) is 26.4. The molecule has 0 aromatic rings. The average Bonchev–Trinajstić information content (AvgIpc) is 3.32. The van der Waals surface area contributed by atoms with Gasteiger partial charge < -0.3 is 65.1 Å². The summed E-state index contributed by atoms with van der Waals surface area (Å²) in [5, 5.41) is 86.7. The zero-order chi connectivity index (χ0) is 48.9. The van der Waals surface area contributed by atoms with E-state index < -0.39 is 86.8 Å². The molecule has 9 N–H and O–H groups in total. The van der Waals surface area contributed by atoms with E-state index in [9.17, 15) is 45.6 Å². The molecule has 2 saturated heterocycles. The summed E-state index contributed by atoms with van der Waals surface area (Å²) in [6, 6.07) is -0.937. The Labute approximate surface area is 403 Å². The van der Waals surface area contributed by atoms with E-state index in [4.69, 9.17) is 18.9 Å². The minimum absolute atomic E-state index is 0.258. The van der Waals surface area contributed by atoms with Crippen molar-refractivity contribution in [3.05, 3.63) is 48.6 Å². The number of hydrogen-bond acceptors (Lipinski definition) is 13. The third-order valence-electron chi connectivity index (χ3n) is 12.7. The number of unbranched alkanes of at least 4 members (excludes halogenated alkanes) is 21. The molecule has 0 radical (unpaired) electrons. The lowest BCUT2D eigenvalue weighted by Crippen LogP contribution is -2.65. The molecule has 2 rings (SSSR count). The fraction of sp³-hybridized carbons (Fsp3) is 0.830. The van der Waals surface area contributed by atoms with E-state index in [0.29, 0.717) is 12.8 Å². The van der Waals surface area contributed by atoms with E-state index in [1.54, 1.807) is 6.08 Å². The Hall–Kier alpha value is -2.05. The molecule has 14 heteroatoms. The quantitative estimate of drug-likeness (QED) is 0.0218. The standard InChI is InChI=1S/C53H95NO13/c1-3-5-7-9-11-13-15-17-18-19-20-21-22-23-24-25-27-29-31-33-35-37-45(58)54-41(42(57)36-34-32-30-28-26-16-14-12-10-8-6-4-2)40-64-52-50(63)48(61)51(44(39-56)66-52)67-53-49(62)47(60)46(59)43(38-55)65-53/h10,12,19-20,26,28,34,36,41-44,46-53,55-57,59-63H,3-9,11,13-18,21-25,27,29-33,35,37-40H2,1-2H3,(H,54,58)/b12-10+,20-19-,28-26+,36-34+. The topological polar surface area (TPSA) is 228 Å². The molecule has 0 saturated carbocycles. The van der Waals surface area contributed by atoms with Crippen molar-refractivity contribution < 1.29 is 64.6 Å². The SMILES string of the molecule is CCCC/C=C/CC/C=C/CC/C=C/C(O)C(COC1OC(CO)C(OC2OC(CO)C(O)C(O)C2O)C(O)C1O)NC(=O)CCCCCCCCCCC/C=C\CCCCCCCCCC. The molecule has 14 nitrogen and oxygen atoms in total. The van der Waals surface area contributed by atoms with Gasteiger partial charge in [0.2, 0.25) is 5.91 Å². The second-order valence-electron chi connectivity index (χ2n) is 18.6. The molecule has 2 aliphatic heterocycles. The van der Waals surface area contributed by atoms with E-state index in [1.807, 2.05) is 6.08 Å². The molecule has 2 heterocycles. The van der Waals surface area contributed by atoms with Crippen LogP contribution in [0.5, 0.6) is 0 Å². The second kappa shape index (κ2) is 39.6. The molecule has 0 bridgehead atoms. The van der Waals surface area contributed by atoms with Crippen LogP contribution in [0.15, 0.2) is 48.6 Å². The second-order valence-corrected chi connectivity index (χ2v) is 18.6. The molecule has 0 aliphatic carbocycles. The van der Waals surface area contributed by atoms with Crippen molar-refractivity contribution in [2.45, 2.75) is 261 Å². The summed E-state index contributed by atoms with van der Waals surface area (Å²) in [5.74, 6) is -0.258. The fourth-order valence-corrected chi connectivity index (χ4v) is 8.36. The van der Waals surface area contributed by atoms with Crippen molar-refractivity contribution in [2.75, 3.05) is 19.8 Å². The number of aliphatic hydroxyl groups excluding tert-OH is 8. The van der Waals surface area contributed by atoms with E-state index in [-0.39, 0.29) is 18.9 Å². The number of amides is 1. The molecule has 390 valence electrons. The van der Waals surface area contributed by atoms with Crippen LogP contribution in [0.4, 0.5) is 0 Å². The number of nitrogens with one attached hydrogen (secondary N) is 1. The molecule has 2 fully saturated rings. The van der Waals surface area contributed by atoms with Gasteiger partial charge in [-0.15, -0.1) is 0 Å². The Morgan fingerprint density at radius 3 is 1.51 bits per heavy atom. The maximum atomic E-state index is 13.2. The van der Waals surface area contributed by atoms with Crippen LogP contribution < -0.4 is 5.32 Å². The van der Waals surface area contributed by atoms with Gasteiger partial charge in [-0.3, -0.25) is 4.79 Å². The molecular weight excluding hydrogens is 859 g/mol. The van der Waals surface area contributed by atoms with Crippen molar-refractivity contribution >= 4 is 5.91 Å². The number of rotatable bonds is 40. The summed E-state index contributed by atoms with van der Waals surface area (Å²) < 4.78 is 22.7. The zero-order valence-electron chi connectivity index (χ0n) is 41.4. The van der Waals surface area contributed by atoms with E-state index >= 15 is 0 Å². The molecule has 0 aromatic heterocycles. The first kappa shape index (κ1) is 61.1. The van der Waals surface area contributed by atoms with Crippen molar-refractivity contribution in [1.82, 2.24) is 5.32 Å². The number of ether oxygens (including phenoxy) is 4. The Morgan fingerprint density at radius 2 is 0.970 bits per heavy atom. The van der Waals surface area contributed by atoms with Crippen molar-refractivity contribution in [3.63, 3.8) is 0 Å². The van der Waals surface area contributed by atoms with Gasteiger partial charge in [0.1, 0.15) is 48.8 Å². The van der Waals surface area contributed by atoms with Crippen LogP contribution in [0.1, 0.15) is 187 Å². The summed E-state index contributed by atoms with van der Waals surface area (Å²) >= 11 is 0. The molecule has 0 spiro atoms. The summed E-state index contributed by atoms with van der Waals surface area (Å²) in [4.78, 5) is 13.2. The van der Waals surface area contributed by atoms with Crippen LogP contribution in [0, 0.1) is 0 Å². The normalized spacial score (nSPS) is 27.0. The average molecular weight is 954 g/mol. The molecule has 1 amide bonds. The van der Waals surface area contributed by atoms with Crippen LogP contribution in [0.2, 0.25) is 0 Å². The smallest absolute Gasteiger partial charge is 0.220 e. The number of aliphatic hydroxyl groups is 8. The van der Waals surface area contributed by atoms with Gasteiger partial charge in [-0.05, 0) is 64.2 Å². The highest BCUT2D eigenvalue weighted by Crippen LogP contribution is 2.30. The van der Waals surface area contributed by atoms with Crippen molar-refractivity contribution in [1.29, 1.82) is 0 Å². The summed E-state index contributed by atoms with van der Waals surface area (Å²) in [7, 11) is 0.